The average molecular weight is 196 g/mol. The van der Waals surface area contributed by atoms with Gasteiger partial charge in [0.25, 0.3) is 0 Å². The molecule has 0 radical (unpaired) electrons. The molecule has 0 aliphatic heterocycles. The van der Waals surface area contributed by atoms with E-state index in [0.717, 1.165) is 5.69 Å². The molecule has 0 saturated heterocycles. The lowest BCUT2D eigenvalue weighted by molar-refractivity contribution is 1.08. The van der Waals surface area contributed by atoms with E-state index in [4.69, 9.17) is 0 Å². The number of benzene rings is 1. The molecule has 0 bridgehead atoms. The van der Waals surface area contributed by atoms with Crippen LogP contribution >= 0.6 is 0 Å². The van der Waals surface area contributed by atoms with E-state index < -0.39 is 0 Å². The molecule has 0 spiro atoms. The van der Waals surface area contributed by atoms with Crippen LogP contribution in [0.25, 0.3) is 12.2 Å². The van der Waals surface area contributed by atoms with Crippen molar-refractivity contribution in [3.63, 3.8) is 0 Å². The Bertz CT molecular complexity index is 439. The Balaban J connectivity index is 1.96. The summed E-state index contributed by atoms with van der Waals surface area (Å²) in [5.74, 6) is 0. The summed E-state index contributed by atoms with van der Waals surface area (Å²) in [5.41, 5.74) is 2.21. The summed E-state index contributed by atoms with van der Waals surface area (Å²) in [5, 5.41) is 6.72. The lowest BCUT2D eigenvalue weighted by Crippen LogP contribution is -1.69. The van der Waals surface area contributed by atoms with Crippen LogP contribution in [-0.4, -0.2) is 10.2 Å². The van der Waals surface area contributed by atoms with Gasteiger partial charge in [0, 0.05) is 6.20 Å². The zero-order valence-electron chi connectivity index (χ0n) is 8.30. The van der Waals surface area contributed by atoms with Crippen LogP contribution in [0.15, 0.2) is 54.7 Å². The number of H-pyrrole nitrogens is 1. The molecule has 2 nitrogen and oxygen atoms in total. The molecule has 0 unspecified atom stereocenters. The van der Waals surface area contributed by atoms with E-state index in [1.165, 1.54) is 5.56 Å². The number of nitrogens with one attached hydrogen (secondary N) is 1. The second-order valence-electron chi connectivity index (χ2n) is 3.14. The van der Waals surface area contributed by atoms with Crippen LogP contribution in [-0.2, 0) is 0 Å². The average Bonchev–Trinajstić information content (AvgIpc) is 2.79. The van der Waals surface area contributed by atoms with Gasteiger partial charge in [0.15, 0.2) is 0 Å². The summed E-state index contributed by atoms with van der Waals surface area (Å²) in [6, 6.07) is 12.1. The fourth-order valence-corrected chi connectivity index (χ4v) is 1.25. The highest BCUT2D eigenvalue weighted by Crippen LogP contribution is 2.02. The van der Waals surface area contributed by atoms with Crippen molar-refractivity contribution in [3.05, 3.63) is 66.0 Å². The SMILES string of the molecule is C(/C=C\c1ccn[nH]1)=C/c1ccccc1. The Morgan fingerprint density at radius 1 is 0.933 bits per heavy atom. The lowest BCUT2D eigenvalue weighted by atomic mass is 10.2. The smallest absolute Gasteiger partial charge is 0.0577 e. The molecule has 1 aromatic carbocycles. The first-order valence-corrected chi connectivity index (χ1v) is 4.84. The van der Waals surface area contributed by atoms with Crippen LogP contribution in [0.3, 0.4) is 0 Å². The number of allylic oxidation sites excluding steroid dienone is 2. The minimum absolute atomic E-state index is 1.01. The van der Waals surface area contributed by atoms with Crippen molar-refractivity contribution in [3.8, 4) is 0 Å². The Labute approximate surface area is 89.0 Å². The number of rotatable bonds is 3. The normalized spacial score (nSPS) is 11.5. The van der Waals surface area contributed by atoms with Crippen LogP contribution in [0, 0.1) is 0 Å². The molecule has 0 atom stereocenters. The van der Waals surface area contributed by atoms with Crippen molar-refractivity contribution in [1.29, 1.82) is 0 Å². The molecule has 2 rings (SSSR count). The molecular formula is C13H12N2. The molecule has 1 heterocycles. The van der Waals surface area contributed by atoms with Gasteiger partial charge in [0.2, 0.25) is 0 Å². The zero-order valence-corrected chi connectivity index (χ0v) is 8.30. The van der Waals surface area contributed by atoms with Gasteiger partial charge >= 0.3 is 0 Å². The Morgan fingerprint density at radius 3 is 2.47 bits per heavy atom. The largest absolute Gasteiger partial charge is 0.278 e. The topological polar surface area (TPSA) is 28.7 Å². The van der Waals surface area contributed by atoms with Crippen molar-refractivity contribution < 1.29 is 0 Å². The first-order chi connectivity index (χ1) is 7.45. The fraction of sp³-hybridized carbons (Fsp3) is 0. The molecule has 15 heavy (non-hydrogen) atoms. The summed E-state index contributed by atoms with van der Waals surface area (Å²) in [7, 11) is 0. The molecule has 0 saturated carbocycles. The summed E-state index contributed by atoms with van der Waals surface area (Å²) in [6.45, 7) is 0. The number of hydrogen-bond acceptors (Lipinski definition) is 1. The van der Waals surface area contributed by atoms with Crippen molar-refractivity contribution >= 4 is 12.2 Å². The Hall–Kier alpha value is -2.09. The van der Waals surface area contributed by atoms with Crippen LogP contribution in [0.5, 0.6) is 0 Å². The lowest BCUT2D eigenvalue weighted by Gasteiger charge is -1.88. The highest BCUT2D eigenvalue weighted by atomic mass is 15.1. The molecule has 0 amide bonds. The molecule has 0 fully saturated rings. The van der Waals surface area contributed by atoms with E-state index >= 15 is 0 Å². The predicted octanol–water partition coefficient (Wildman–Crippen LogP) is 3.14. The van der Waals surface area contributed by atoms with E-state index in [9.17, 15) is 0 Å². The second-order valence-corrected chi connectivity index (χ2v) is 3.14. The second kappa shape index (κ2) is 4.96. The van der Waals surface area contributed by atoms with Gasteiger partial charge in [-0.3, -0.25) is 5.10 Å². The molecule has 2 aromatic rings. The monoisotopic (exact) mass is 196 g/mol. The molecule has 2 heteroatoms. The maximum Gasteiger partial charge on any atom is 0.0577 e. The van der Waals surface area contributed by atoms with E-state index in [2.05, 4.69) is 28.4 Å². The maximum atomic E-state index is 3.86. The Morgan fingerprint density at radius 2 is 1.73 bits per heavy atom. The molecule has 1 N–H and O–H groups in total. The van der Waals surface area contributed by atoms with Crippen molar-refractivity contribution in [2.45, 2.75) is 0 Å². The quantitative estimate of drug-likeness (QED) is 0.750. The third kappa shape index (κ3) is 2.95. The molecular weight excluding hydrogens is 184 g/mol. The van der Waals surface area contributed by atoms with E-state index in [1.54, 1.807) is 6.20 Å². The van der Waals surface area contributed by atoms with Gasteiger partial charge in [0.1, 0.15) is 0 Å². The minimum atomic E-state index is 1.01. The first kappa shape index (κ1) is 9.46. The molecule has 0 aliphatic carbocycles. The summed E-state index contributed by atoms with van der Waals surface area (Å²) in [4.78, 5) is 0. The van der Waals surface area contributed by atoms with Gasteiger partial charge < -0.3 is 0 Å². The maximum absolute atomic E-state index is 3.86. The standard InChI is InChI=1S/C13H12N2/c1-2-6-12(7-3-1)8-4-5-9-13-10-11-14-15-13/h1-11H,(H,14,15)/b8-4-,9-5-. The minimum Gasteiger partial charge on any atom is -0.278 e. The Kier molecular flexibility index (Phi) is 3.13. The highest BCUT2D eigenvalue weighted by Gasteiger charge is 1.83. The summed E-state index contributed by atoms with van der Waals surface area (Å²) in [6.07, 6.45) is 9.77. The molecule has 0 aliphatic rings. The van der Waals surface area contributed by atoms with Gasteiger partial charge in [-0.1, -0.05) is 48.6 Å². The fourth-order valence-electron chi connectivity index (χ4n) is 1.25. The van der Waals surface area contributed by atoms with E-state index in [1.807, 2.05) is 42.5 Å². The molecule has 1 aromatic heterocycles. The molecule has 74 valence electrons. The van der Waals surface area contributed by atoms with Gasteiger partial charge in [0.05, 0.1) is 5.69 Å². The van der Waals surface area contributed by atoms with Gasteiger partial charge in [-0.05, 0) is 17.7 Å². The third-order valence-electron chi connectivity index (χ3n) is 2.00. The number of aromatic nitrogens is 2. The van der Waals surface area contributed by atoms with Gasteiger partial charge in [-0.15, -0.1) is 0 Å². The van der Waals surface area contributed by atoms with Crippen LogP contribution in [0.4, 0.5) is 0 Å². The van der Waals surface area contributed by atoms with Crippen LogP contribution < -0.4 is 0 Å². The highest BCUT2D eigenvalue weighted by molar-refractivity contribution is 5.55. The summed E-state index contributed by atoms with van der Waals surface area (Å²) >= 11 is 0. The number of nitrogens with zero attached hydrogens (tertiary/aromatic N) is 1. The summed E-state index contributed by atoms with van der Waals surface area (Å²) < 4.78 is 0. The van der Waals surface area contributed by atoms with Crippen LogP contribution in [0.2, 0.25) is 0 Å². The van der Waals surface area contributed by atoms with E-state index in [0.29, 0.717) is 0 Å². The van der Waals surface area contributed by atoms with Gasteiger partial charge in [-0.25, -0.2) is 0 Å². The number of aromatic amines is 1. The first-order valence-electron chi connectivity index (χ1n) is 4.84. The van der Waals surface area contributed by atoms with Crippen molar-refractivity contribution in [2.75, 3.05) is 0 Å². The van der Waals surface area contributed by atoms with E-state index in [-0.39, 0.29) is 0 Å². The predicted molar refractivity (Wildman–Crippen MR) is 63.1 cm³/mol. The third-order valence-corrected chi connectivity index (χ3v) is 2.00. The van der Waals surface area contributed by atoms with Crippen molar-refractivity contribution in [1.82, 2.24) is 10.2 Å². The zero-order chi connectivity index (χ0) is 10.3. The van der Waals surface area contributed by atoms with Crippen LogP contribution in [0.1, 0.15) is 11.3 Å². The van der Waals surface area contributed by atoms with Crippen molar-refractivity contribution in [2.24, 2.45) is 0 Å². The van der Waals surface area contributed by atoms with Gasteiger partial charge in [-0.2, -0.15) is 5.10 Å². The number of hydrogen-bond donors (Lipinski definition) is 1.